The van der Waals surface area contributed by atoms with Crippen LogP contribution in [0.25, 0.3) is 11.3 Å². The number of anilines is 1. The lowest BCUT2D eigenvalue weighted by molar-refractivity contribution is 1.29. The van der Waals surface area contributed by atoms with E-state index < -0.39 is 0 Å². The molecule has 0 aliphatic rings. The second-order valence-electron chi connectivity index (χ2n) is 3.34. The second-order valence-corrected chi connectivity index (χ2v) is 4.99. The first-order valence-electron chi connectivity index (χ1n) is 4.74. The Labute approximate surface area is 116 Å². The number of aromatic nitrogens is 1. The smallest absolute Gasteiger partial charge is 0.0998 e. The van der Waals surface area contributed by atoms with Gasteiger partial charge in [0.05, 0.1) is 32.0 Å². The summed E-state index contributed by atoms with van der Waals surface area (Å²) in [4.78, 5) is 4.29. The average Bonchev–Trinajstić information content (AvgIpc) is 2.36. The standard InChI is InChI=1S/C12H7Br2N3/c13-9-6-17-12(10(14)11(9)16)8-4-2-1-3-7(8)5-15/h1-4,6H,(H2,16,17). The van der Waals surface area contributed by atoms with E-state index in [2.05, 4.69) is 42.9 Å². The van der Waals surface area contributed by atoms with E-state index in [-0.39, 0.29) is 0 Å². The molecule has 1 aromatic heterocycles. The molecule has 0 bridgehead atoms. The van der Waals surface area contributed by atoms with Crippen LogP contribution in [0.1, 0.15) is 5.56 Å². The zero-order chi connectivity index (χ0) is 12.4. The fraction of sp³-hybridized carbons (Fsp3) is 0. The predicted molar refractivity (Wildman–Crippen MR) is 74.2 cm³/mol. The number of benzene rings is 1. The first kappa shape index (κ1) is 12.1. The van der Waals surface area contributed by atoms with Crippen molar-refractivity contribution in [2.24, 2.45) is 0 Å². The third-order valence-electron chi connectivity index (χ3n) is 2.31. The van der Waals surface area contributed by atoms with Crippen molar-refractivity contribution in [1.82, 2.24) is 4.98 Å². The van der Waals surface area contributed by atoms with E-state index in [9.17, 15) is 0 Å². The number of hydrogen-bond donors (Lipinski definition) is 1. The first-order chi connectivity index (χ1) is 8.15. The van der Waals surface area contributed by atoms with Crippen molar-refractivity contribution in [2.45, 2.75) is 0 Å². The van der Waals surface area contributed by atoms with Crippen molar-refractivity contribution in [2.75, 3.05) is 5.73 Å². The molecule has 3 nitrogen and oxygen atoms in total. The topological polar surface area (TPSA) is 62.7 Å². The maximum atomic E-state index is 9.06. The average molecular weight is 353 g/mol. The molecule has 84 valence electrons. The van der Waals surface area contributed by atoms with Gasteiger partial charge in [-0.1, -0.05) is 18.2 Å². The van der Waals surface area contributed by atoms with Gasteiger partial charge < -0.3 is 5.73 Å². The highest BCUT2D eigenvalue weighted by Gasteiger charge is 2.13. The maximum Gasteiger partial charge on any atom is 0.0998 e. The van der Waals surface area contributed by atoms with E-state index in [1.54, 1.807) is 12.3 Å². The van der Waals surface area contributed by atoms with Crippen LogP contribution in [0.4, 0.5) is 5.69 Å². The van der Waals surface area contributed by atoms with E-state index in [4.69, 9.17) is 11.0 Å². The van der Waals surface area contributed by atoms with Gasteiger partial charge in [-0.3, -0.25) is 4.98 Å². The maximum absolute atomic E-state index is 9.06. The molecule has 5 heteroatoms. The third-order valence-corrected chi connectivity index (χ3v) is 3.75. The summed E-state index contributed by atoms with van der Waals surface area (Å²) in [6.07, 6.45) is 1.63. The lowest BCUT2D eigenvalue weighted by Crippen LogP contribution is -1.95. The van der Waals surface area contributed by atoms with Crippen LogP contribution in [0.5, 0.6) is 0 Å². The fourth-order valence-corrected chi connectivity index (χ4v) is 2.55. The van der Waals surface area contributed by atoms with Gasteiger partial charge in [0.2, 0.25) is 0 Å². The molecule has 1 aromatic carbocycles. The van der Waals surface area contributed by atoms with Crippen molar-refractivity contribution in [3.05, 3.63) is 45.0 Å². The van der Waals surface area contributed by atoms with E-state index in [1.807, 2.05) is 18.2 Å². The normalized spacial score (nSPS) is 9.94. The number of pyridine rings is 1. The molecule has 2 aromatic rings. The van der Waals surface area contributed by atoms with Crippen molar-refractivity contribution in [3.63, 3.8) is 0 Å². The number of halogens is 2. The second kappa shape index (κ2) is 4.86. The van der Waals surface area contributed by atoms with Gasteiger partial charge in [0.1, 0.15) is 0 Å². The van der Waals surface area contributed by atoms with Crippen LogP contribution in [-0.4, -0.2) is 4.98 Å². The van der Waals surface area contributed by atoms with Crippen LogP contribution in [0.2, 0.25) is 0 Å². The minimum Gasteiger partial charge on any atom is -0.397 e. The minimum atomic E-state index is 0.572. The van der Waals surface area contributed by atoms with Gasteiger partial charge in [0.25, 0.3) is 0 Å². The van der Waals surface area contributed by atoms with Crippen LogP contribution in [-0.2, 0) is 0 Å². The van der Waals surface area contributed by atoms with Gasteiger partial charge in [-0.15, -0.1) is 0 Å². The van der Waals surface area contributed by atoms with Crippen molar-refractivity contribution >= 4 is 37.5 Å². The number of hydrogen-bond acceptors (Lipinski definition) is 3. The molecule has 2 rings (SSSR count). The van der Waals surface area contributed by atoms with E-state index in [0.717, 1.165) is 10.0 Å². The molecule has 0 saturated carbocycles. The quantitative estimate of drug-likeness (QED) is 0.850. The van der Waals surface area contributed by atoms with Crippen LogP contribution in [0, 0.1) is 11.3 Å². The van der Waals surface area contributed by atoms with Crippen LogP contribution < -0.4 is 5.73 Å². The summed E-state index contributed by atoms with van der Waals surface area (Å²) in [7, 11) is 0. The Hall–Kier alpha value is -1.38. The van der Waals surface area contributed by atoms with Crippen LogP contribution >= 0.6 is 31.9 Å². The summed E-state index contributed by atoms with van der Waals surface area (Å²) in [5.41, 5.74) is 8.47. The van der Waals surface area contributed by atoms with Gasteiger partial charge in [-0.2, -0.15) is 5.26 Å². The Morgan fingerprint density at radius 2 is 1.94 bits per heavy atom. The number of nitrogen functional groups attached to an aromatic ring is 1. The monoisotopic (exact) mass is 351 g/mol. The lowest BCUT2D eigenvalue weighted by atomic mass is 10.0. The van der Waals surface area contributed by atoms with Crippen LogP contribution in [0.15, 0.2) is 39.4 Å². The molecule has 0 spiro atoms. The zero-order valence-electron chi connectivity index (χ0n) is 8.61. The Morgan fingerprint density at radius 1 is 1.24 bits per heavy atom. The Kier molecular flexibility index (Phi) is 3.46. The number of rotatable bonds is 1. The van der Waals surface area contributed by atoms with Gasteiger partial charge in [0, 0.05) is 11.8 Å². The Morgan fingerprint density at radius 3 is 2.65 bits per heavy atom. The molecular formula is C12H7Br2N3. The molecular weight excluding hydrogens is 346 g/mol. The highest BCUT2D eigenvalue weighted by atomic mass is 79.9. The van der Waals surface area contributed by atoms with Crippen molar-refractivity contribution < 1.29 is 0 Å². The molecule has 1 heterocycles. The number of nitriles is 1. The molecule has 0 aliphatic carbocycles. The molecule has 0 amide bonds. The molecule has 0 fully saturated rings. The molecule has 0 radical (unpaired) electrons. The molecule has 2 N–H and O–H groups in total. The lowest BCUT2D eigenvalue weighted by Gasteiger charge is -2.08. The fourth-order valence-electron chi connectivity index (χ4n) is 1.45. The van der Waals surface area contributed by atoms with Gasteiger partial charge >= 0.3 is 0 Å². The molecule has 0 unspecified atom stereocenters. The van der Waals surface area contributed by atoms with E-state index >= 15 is 0 Å². The molecule has 0 saturated heterocycles. The Balaban J connectivity index is 2.70. The van der Waals surface area contributed by atoms with Crippen molar-refractivity contribution in [1.29, 1.82) is 5.26 Å². The van der Waals surface area contributed by atoms with E-state index in [1.165, 1.54) is 0 Å². The predicted octanol–water partition coefficient (Wildman–Crippen LogP) is 3.73. The molecule has 0 aliphatic heterocycles. The number of nitrogens with two attached hydrogens (primary N) is 1. The zero-order valence-corrected chi connectivity index (χ0v) is 11.8. The number of nitrogens with zero attached hydrogens (tertiary/aromatic N) is 2. The summed E-state index contributed by atoms with van der Waals surface area (Å²) in [5.74, 6) is 0. The van der Waals surface area contributed by atoms with Crippen LogP contribution in [0.3, 0.4) is 0 Å². The highest BCUT2D eigenvalue weighted by molar-refractivity contribution is 9.11. The van der Waals surface area contributed by atoms with Crippen molar-refractivity contribution in [3.8, 4) is 17.3 Å². The third kappa shape index (κ3) is 2.19. The summed E-state index contributed by atoms with van der Waals surface area (Å²) < 4.78 is 1.41. The molecule has 0 atom stereocenters. The summed E-state index contributed by atoms with van der Waals surface area (Å²) in [6, 6.07) is 9.42. The summed E-state index contributed by atoms with van der Waals surface area (Å²) in [6.45, 7) is 0. The SMILES string of the molecule is N#Cc1ccccc1-c1ncc(Br)c(N)c1Br. The summed E-state index contributed by atoms with van der Waals surface area (Å²) >= 11 is 6.71. The molecule has 17 heavy (non-hydrogen) atoms. The van der Waals surface area contributed by atoms with Gasteiger partial charge in [0.15, 0.2) is 0 Å². The Bertz CT molecular complexity index is 618. The highest BCUT2D eigenvalue weighted by Crippen LogP contribution is 2.36. The largest absolute Gasteiger partial charge is 0.397 e. The van der Waals surface area contributed by atoms with Gasteiger partial charge in [-0.25, -0.2) is 0 Å². The first-order valence-corrected chi connectivity index (χ1v) is 6.32. The minimum absolute atomic E-state index is 0.572. The van der Waals surface area contributed by atoms with E-state index in [0.29, 0.717) is 21.4 Å². The summed E-state index contributed by atoms with van der Waals surface area (Å²) in [5, 5.41) is 9.06. The van der Waals surface area contributed by atoms with Gasteiger partial charge in [-0.05, 0) is 37.9 Å².